The molecular formula is C14H9I3O3. The van der Waals surface area contributed by atoms with E-state index in [4.69, 9.17) is 9.84 Å². The summed E-state index contributed by atoms with van der Waals surface area (Å²) in [6.07, 6.45) is 0. The molecule has 2 rings (SSSR count). The first kappa shape index (κ1) is 16.3. The van der Waals surface area contributed by atoms with Crippen molar-refractivity contribution in [1.82, 2.24) is 0 Å². The Bertz CT molecular complexity index is 633. The molecule has 3 nitrogen and oxygen atoms in total. The van der Waals surface area contributed by atoms with Crippen molar-refractivity contribution in [2.75, 3.05) is 0 Å². The molecule has 0 saturated heterocycles. The predicted molar refractivity (Wildman–Crippen MR) is 102 cm³/mol. The quantitative estimate of drug-likeness (QED) is 0.511. The first-order valence-electron chi connectivity index (χ1n) is 5.57. The molecule has 2 aromatic rings. The molecule has 0 spiro atoms. The van der Waals surface area contributed by atoms with Crippen LogP contribution in [0.25, 0.3) is 0 Å². The molecule has 0 aliphatic carbocycles. The lowest BCUT2D eigenvalue weighted by Gasteiger charge is -2.12. The lowest BCUT2D eigenvalue weighted by atomic mass is 10.1. The van der Waals surface area contributed by atoms with Gasteiger partial charge >= 0.3 is 5.97 Å². The van der Waals surface area contributed by atoms with Crippen molar-refractivity contribution in [2.24, 2.45) is 0 Å². The summed E-state index contributed by atoms with van der Waals surface area (Å²) < 4.78 is 9.01. The van der Waals surface area contributed by atoms with Gasteiger partial charge in [0, 0.05) is 9.13 Å². The van der Waals surface area contributed by atoms with Gasteiger partial charge in [0.05, 0.1) is 12.7 Å². The molecular weight excluding hydrogens is 597 g/mol. The van der Waals surface area contributed by atoms with Crippen LogP contribution in [0, 0.1) is 10.7 Å². The summed E-state index contributed by atoms with van der Waals surface area (Å²) in [5, 5.41) is 9.15. The molecule has 0 heterocycles. The van der Waals surface area contributed by atoms with E-state index in [-0.39, 0.29) is 12.2 Å². The zero-order valence-corrected chi connectivity index (χ0v) is 16.5. The number of carboxylic acid groups (broad SMARTS) is 1. The van der Waals surface area contributed by atoms with Crippen LogP contribution in [0.4, 0.5) is 0 Å². The minimum Gasteiger partial charge on any atom is -0.487 e. The van der Waals surface area contributed by atoms with Gasteiger partial charge in [0.2, 0.25) is 0 Å². The van der Waals surface area contributed by atoms with Crippen molar-refractivity contribution < 1.29 is 14.6 Å². The van der Waals surface area contributed by atoms with Crippen LogP contribution in [0.3, 0.4) is 0 Å². The highest BCUT2D eigenvalue weighted by atomic mass is 127. The zero-order valence-electron chi connectivity index (χ0n) is 10.1. The van der Waals surface area contributed by atoms with Gasteiger partial charge in [-0.2, -0.15) is 0 Å². The summed E-state index contributed by atoms with van der Waals surface area (Å²) in [5.41, 5.74) is 0.952. The van der Waals surface area contributed by atoms with Gasteiger partial charge in [-0.25, -0.2) is 4.79 Å². The van der Waals surface area contributed by atoms with E-state index >= 15 is 0 Å². The van der Waals surface area contributed by atoms with Crippen LogP contribution < -0.4 is 4.74 Å². The number of hydrogen-bond donors (Lipinski definition) is 1. The maximum atomic E-state index is 11.2. The van der Waals surface area contributed by atoms with E-state index in [0.717, 1.165) is 16.5 Å². The van der Waals surface area contributed by atoms with Crippen molar-refractivity contribution in [3.63, 3.8) is 0 Å². The number of carboxylic acids is 1. The lowest BCUT2D eigenvalue weighted by molar-refractivity contribution is 0.0694. The van der Waals surface area contributed by atoms with Gasteiger partial charge in [0.25, 0.3) is 0 Å². The highest BCUT2D eigenvalue weighted by molar-refractivity contribution is 14.1. The van der Waals surface area contributed by atoms with Gasteiger partial charge in [-0.15, -0.1) is 0 Å². The molecule has 0 aliphatic heterocycles. The minimum atomic E-state index is -0.934. The largest absolute Gasteiger partial charge is 0.487 e. The summed E-state index contributed by atoms with van der Waals surface area (Å²) in [6.45, 7) is 0.245. The molecule has 6 heteroatoms. The molecule has 0 aliphatic rings. The van der Waals surface area contributed by atoms with Gasteiger partial charge in [-0.3, -0.25) is 0 Å². The number of hydrogen-bond acceptors (Lipinski definition) is 2. The van der Waals surface area contributed by atoms with Crippen LogP contribution in [0.15, 0.2) is 36.4 Å². The Morgan fingerprint density at radius 3 is 2.30 bits per heavy atom. The van der Waals surface area contributed by atoms with E-state index in [1.54, 1.807) is 18.2 Å². The van der Waals surface area contributed by atoms with E-state index in [0.29, 0.717) is 5.56 Å². The minimum absolute atomic E-state index is 0.245. The van der Waals surface area contributed by atoms with Gasteiger partial charge in [0.1, 0.15) is 12.4 Å². The SMILES string of the molecule is O=C(O)c1ccccc1COc1c(I)cc(I)cc1I. The Labute approximate surface area is 157 Å². The van der Waals surface area contributed by atoms with Gasteiger partial charge in [-0.1, -0.05) is 18.2 Å². The highest BCUT2D eigenvalue weighted by Crippen LogP contribution is 2.30. The molecule has 0 atom stereocenters. The normalized spacial score (nSPS) is 10.3. The summed E-state index contributed by atoms with van der Waals surface area (Å²) in [7, 11) is 0. The van der Waals surface area contributed by atoms with Crippen molar-refractivity contribution in [3.05, 3.63) is 58.2 Å². The topological polar surface area (TPSA) is 46.5 Å². The van der Waals surface area contributed by atoms with E-state index in [1.807, 2.05) is 18.2 Å². The maximum absolute atomic E-state index is 11.2. The molecule has 0 radical (unpaired) electrons. The number of rotatable bonds is 4. The molecule has 0 unspecified atom stereocenters. The molecule has 0 amide bonds. The van der Waals surface area contributed by atoms with Crippen molar-refractivity contribution >= 4 is 73.7 Å². The van der Waals surface area contributed by atoms with E-state index in [9.17, 15) is 4.79 Å². The molecule has 1 N–H and O–H groups in total. The van der Waals surface area contributed by atoms with Gasteiger partial charge in [0.15, 0.2) is 0 Å². The Balaban J connectivity index is 2.24. The molecule has 0 aromatic heterocycles. The summed E-state index contributed by atoms with van der Waals surface area (Å²) >= 11 is 6.71. The van der Waals surface area contributed by atoms with Crippen molar-refractivity contribution in [1.29, 1.82) is 0 Å². The fourth-order valence-electron chi connectivity index (χ4n) is 1.67. The number of halogens is 3. The molecule has 20 heavy (non-hydrogen) atoms. The summed E-state index contributed by atoms with van der Waals surface area (Å²) in [4.78, 5) is 11.2. The van der Waals surface area contributed by atoms with Crippen LogP contribution in [-0.4, -0.2) is 11.1 Å². The third kappa shape index (κ3) is 3.97. The number of aromatic carboxylic acids is 1. The third-order valence-corrected chi connectivity index (χ3v) is 4.81. The second-order valence-electron chi connectivity index (χ2n) is 3.95. The van der Waals surface area contributed by atoms with E-state index in [2.05, 4.69) is 67.8 Å². The molecule has 2 aromatic carbocycles. The van der Waals surface area contributed by atoms with Crippen LogP contribution >= 0.6 is 67.8 Å². The van der Waals surface area contributed by atoms with Gasteiger partial charge in [-0.05, 0) is 86.0 Å². The third-order valence-electron chi connectivity index (χ3n) is 2.58. The number of benzene rings is 2. The second kappa shape index (κ2) is 7.25. The average Bonchev–Trinajstić information content (AvgIpc) is 2.37. The smallest absolute Gasteiger partial charge is 0.336 e. The monoisotopic (exact) mass is 606 g/mol. The Morgan fingerprint density at radius 1 is 1.10 bits per heavy atom. The number of carbonyl (C=O) groups is 1. The molecule has 0 saturated carbocycles. The highest BCUT2D eigenvalue weighted by Gasteiger charge is 2.12. The van der Waals surface area contributed by atoms with Crippen molar-refractivity contribution in [3.8, 4) is 5.75 Å². The molecule has 0 fully saturated rings. The van der Waals surface area contributed by atoms with Crippen LogP contribution in [-0.2, 0) is 6.61 Å². The summed E-state index contributed by atoms with van der Waals surface area (Å²) in [6, 6.07) is 10.9. The van der Waals surface area contributed by atoms with E-state index in [1.165, 1.54) is 0 Å². The maximum Gasteiger partial charge on any atom is 0.336 e. The molecule has 0 bridgehead atoms. The van der Waals surface area contributed by atoms with E-state index < -0.39 is 5.97 Å². The van der Waals surface area contributed by atoms with Crippen LogP contribution in [0.5, 0.6) is 5.75 Å². The second-order valence-corrected chi connectivity index (χ2v) is 7.52. The lowest BCUT2D eigenvalue weighted by Crippen LogP contribution is -2.06. The summed E-state index contributed by atoms with van der Waals surface area (Å²) in [5.74, 6) is -0.136. The van der Waals surface area contributed by atoms with Gasteiger partial charge < -0.3 is 9.84 Å². The van der Waals surface area contributed by atoms with Crippen LogP contribution in [0.2, 0.25) is 0 Å². The Kier molecular flexibility index (Phi) is 5.90. The first-order chi connectivity index (χ1) is 9.49. The first-order valence-corrected chi connectivity index (χ1v) is 8.81. The Morgan fingerprint density at radius 2 is 1.70 bits per heavy atom. The fourth-order valence-corrected chi connectivity index (χ4v) is 5.57. The Hall–Kier alpha value is -0.1000. The predicted octanol–water partition coefficient (Wildman–Crippen LogP) is 4.78. The van der Waals surface area contributed by atoms with Crippen LogP contribution in [0.1, 0.15) is 15.9 Å². The fraction of sp³-hybridized carbons (Fsp3) is 0.0714. The number of ether oxygens (including phenoxy) is 1. The average molecular weight is 606 g/mol. The van der Waals surface area contributed by atoms with Crippen molar-refractivity contribution in [2.45, 2.75) is 6.61 Å². The molecule has 104 valence electrons. The zero-order chi connectivity index (χ0) is 14.7. The standard InChI is InChI=1S/C14H9I3O3/c15-9-5-11(16)13(12(17)6-9)20-7-8-3-1-2-4-10(8)14(18)19/h1-6H,7H2,(H,18,19).